The molecule has 0 aliphatic carbocycles. The van der Waals surface area contributed by atoms with E-state index in [1.165, 1.54) is 11.3 Å². The number of methoxy groups -OCH3 is 2. The molecule has 0 saturated heterocycles. The molecule has 198 valence electrons. The van der Waals surface area contributed by atoms with Gasteiger partial charge >= 0.3 is 6.03 Å². The molecule has 1 heterocycles. The van der Waals surface area contributed by atoms with Crippen LogP contribution in [0.25, 0.3) is 0 Å². The number of carbonyl (C=O) groups excluding carboxylic acids is 2. The maximum Gasteiger partial charge on any atom is 0.322 e. The molecule has 2 aromatic carbocycles. The van der Waals surface area contributed by atoms with E-state index in [2.05, 4.69) is 10.3 Å². The maximum atomic E-state index is 13.0. The Morgan fingerprint density at radius 3 is 2.43 bits per heavy atom. The van der Waals surface area contributed by atoms with Crippen LogP contribution in [0.5, 0.6) is 11.5 Å². The minimum atomic E-state index is -0.302. The van der Waals surface area contributed by atoms with Crippen LogP contribution >= 0.6 is 34.5 Å². The molecule has 3 amide bonds. The van der Waals surface area contributed by atoms with Crippen molar-refractivity contribution in [3.63, 3.8) is 0 Å². The topological polar surface area (TPSA) is 84.0 Å². The van der Waals surface area contributed by atoms with Crippen molar-refractivity contribution in [2.45, 2.75) is 32.9 Å². The van der Waals surface area contributed by atoms with Gasteiger partial charge in [-0.05, 0) is 56.2 Å². The number of anilines is 1. The lowest BCUT2D eigenvalue weighted by Gasteiger charge is -2.26. The lowest BCUT2D eigenvalue weighted by atomic mass is 10.1. The SMILES string of the molecule is COc1ccc(CCN(C)C(=O)c2csc(CN(C(=O)Nc3ccc(Cl)c(Cl)c3)C(C)C)n2)cc1OC. The number of likely N-dealkylation sites (N-methyl/N-ethyl adjacent to an activating group) is 1. The molecular formula is C26H30Cl2N4O4S. The first kappa shape index (κ1) is 28.6. The third-order valence-corrected chi connectivity index (χ3v) is 7.23. The molecule has 0 radical (unpaired) electrons. The van der Waals surface area contributed by atoms with Crippen LogP contribution in [0.1, 0.15) is 34.9 Å². The van der Waals surface area contributed by atoms with Crippen molar-refractivity contribution >= 4 is 52.2 Å². The number of ether oxygens (including phenoxy) is 2. The van der Waals surface area contributed by atoms with Crippen molar-refractivity contribution in [2.75, 3.05) is 33.1 Å². The zero-order valence-electron chi connectivity index (χ0n) is 21.4. The second kappa shape index (κ2) is 13.0. The fourth-order valence-corrected chi connectivity index (χ4v) is 4.58. The first-order valence-electron chi connectivity index (χ1n) is 11.6. The number of nitrogens with zero attached hydrogens (tertiary/aromatic N) is 3. The number of hydrogen-bond donors (Lipinski definition) is 1. The molecule has 0 unspecified atom stereocenters. The number of halogens is 2. The number of aromatic nitrogens is 1. The van der Waals surface area contributed by atoms with Gasteiger partial charge in [0, 0.05) is 30.7 Å². The molecule has 1 N–H and O–H groups in total. The first-order valence-corrected chi connectivity index (χ1v) is 13.2. The van der Waals surface area contributed by atoms with Gasteiger partial charge in [-0.15, -0.1) is 11.3 Å². The second-order valence-electron chi connectivity index (χ2n) is 8.57. The smallest absolute Gasteiger partial charge is 0.322 e. The van der Waals surface area contributed by atoms with Gasteiger partial charge in [0.05, 0.1) is 30.8 Å². The Hall–Kier alpha value is -3.01. The Morgan fingerprint density at radius 2 is 1.78 bits per heavy atom. The molecule has 0 aliphatic rings. The highest BCUT2D eigenvalue weighted by molar-refractivity contribution is 7.09. The van der Waals surface area contributed by atoms with Gasteiger partial charge in [0.2, 0.25) is 0 Å². The summed E-state index contributed by atoms with van der Waals surface area (Å²) in [6.45, 7) is 4.59. The summed E-state index contributed by atoms with van der Waals surface area (Å²) < 4.78 is 10.6. The Balaban J connectivity index is 1.61. The summed E-state index contributed by atoms with van der Waals surface area (Å²) in [5, 5.41) is 5.99. The summed E-state index contributed by atoms with van der Waals surface area (Å²) in [5.41, 5.74) is 1.91. The number of amides is 3. The van der Waals surface area contributed by atoms with Crippen molar-refractivity contribution in [1.29, 1.82) is 0 Å². The monoisotopic (exact) mass is 564 g/mol. The summed E-state index contributed by atoms with van der Waals surface area (Å²) >= 11 is 13.4. The van der Waals surface area contributed by atoms with Crippen LogP contribution in [-0.4, -0.2) is 60.6 Å². The average molecular weight is 566 g/mol. The van der Waals surface area contributed by atoms with Gasteiger partial charge in [-0.1, -0.05) is 29.3 Å². The molecule has 3 rings (SSSR count). The van der Waals surface area contributed by atoms with Crippen molar-refractivity contribution in [2.24, 2.45) is 0 Å². The number of thiazole rings is 1. The van der Waals surface area contributed by atoms with Crippen LogP contribution in [-0.2, 0) is 13.0 Å². The molecule has 8 nitrogen and oxygen atoms in total. The Kier molecular flexibility index (Phi) is 10.0. The third kappa shape index (κ3) is 7.50. The van der Waals surface area contributed by atoms with E-state index < -0.39 is 0 Å². The normalized spacial score (nSPS) is 10.8. The first-order chi connectivity index (χ1) is 17.6. The zero-order chi connectivity index (χ0) is 27.1. The van der Waals surface area contributed by atoms with Crippen molar-refractivity contribution in [1.82, 2.24) is 14.8 Å². The highest BCUT2D eigenvalue weighted by Crippen LogP contribution is 2.28. The fraction of sp³-hybridized carbons (Fsp3) is 0.346. The van der Waals surface area contributed by atoms with E-state index in [-0.39, 0.29) is 24.5 Å². The van der Waals surface area contributed by atoms with Crippen LogP contribution in [0, 0.1) is 0 Å². The number of benzene rings is 2. The van der Waals surface area contributed by atoms with Crippen molar-refractivity contribution in [3.05, 3.63) is 68.1 Å². The van der Waals surface area contributed by atoms with E-state index in [0.29, 0.717) is 50.9 Å². The Labute approximate surface area is 231 Å². The van der Waals surface area contributed by atoms with Crippen LogP contribution in [0.15, 0.2) is 41.8 Å². The summed E-state index contributed by atoms with van der Waals surface area (Å²) in [6, 6.07) is 10.2. The Morgan fingerprint density at radius 1 is 1.05 bits per heavy atom. The predicted octanol–water partition coefficient (Wildman–Crippen LogP) is 6.22. The predicted molar refractivity (Wildman–Crippen MR) is 148 cm³/mol. The summed E-state index contributed by atoms with van der Waals surface area (Å²) in [6.07, 6.45) is 0.648. The van der Waals surface area contributed by atoms with Gasteiger partial charge in [0.1, 0.15) is 10.7 Å². The van der Waals surface area contributed by atoms with Crippen LogP contribution in [0.4, 0.5) is 10.5 Å². The highest BCUT2D eigenvalue weighted by atomic mass is 35.5. The molecule has 0 saturated carbocycles. The van der Waals surface area contributed by atoms with Crippen molar-refractivity contribution in [3.8, 4) is 11.5 Å². The average Bonchev–Trinajstić information content (AvgIpc) is 3.35. The van der Waals surface area contributed by atoms with E-state index in [0.717, 1.165) is 5.56 Å². The minimum Gasteiger partial charge on any atom is -0.493 e. The second-order valence-corrected chi connectivity index (χ2v) is 10.3. The minimum absolute atomic E-state index is 0.102. The van der Waals surface area contributed by atoms with E-state index in [9.17, 15) is 9.59 Å². The number of rotatable bonds is 10. The number of carbonyl (C=O) groups is 2. The van der Waals surface area contributed by atoms with E-state index >= 15 is 0 Å². The highest BCUT2D eigenvalue weighted by Gasteiger charge is 2.21. The fourth-order valence-electron chi connectivity index (χ4n) is 3.52. The molecular weight excluding hydrogens is 535 g/mol. The molecule has 11 heteroatoms. The van der Waals surface area contributed by atoms with Gasteiger partial charge in [-0.2, -0.15) is 0 Å². The lowest BCUT2D eigenvalue weighted by molar-refractivity contribution is 0.0791. The molecule has 1 aromatic heterocycles. The van der Waals surface area contributed by atoms with Crippen LogP contribution < -0.4 is 14.8 Å². The van der Waals surface area contributed by atoms with Crippen LogP contribution in [0.2, 0.25) is 10.0 Å². The Bertz CT molecular complexity index is 1250. The molecule has 0 atom stereocenters. The number of urea groups is 1. The van der Waals surface area contributed by atoms with Gasteiger partial charge in [-0.25, -0.2) is 9.78 Å². The largest absolute Gasteiger partial charge is 0.493 e. The molecule has 0 spiro atoms. The van der Waals surface area contributed by atoms with E-state index in [1.807, 2.05) is 32.0 Å². The molecule has 0 fully saturated rings. The standard InChI is InChI=1S/C26H30Cl2N4O4S/c1-16(2)32(26(34)29-18-7-8-19(27)20(28)13-18)14-24-30-21(15-37-24)25(33)31(3)11-10-17-6-9-22(35-4)23(12-17)36-5/h6-9,12-13,15-16H,10-11,14H2,1-5H3,(H,29,34). The molecule has 37 heavy (non-hydrogen) atoms. The van der Waals surface area contributed by atoms with Gasteiger partial charge in [0.25, 0.3) is 5.91 Å². The molecule has 0 bridgehead atoms. The van der Waals surface area contributed by atoms with Gasteiger partial charge in [-0.3, -0.25) is 4.79 Å². The van der Waals surface area contributed by atoms with Crippen LogP contribution in [0.3, 0.4) is 0 Å². The van der Waals surface area contributed by atoms with Gasteiger partial charge in [0.15, 0.2) is 11.5 Å². The summed E-state index contributed by atoms with van der Waals surface area (Å²) in [4.78, 5) is 33.7. The molecule has 0 aliphatic heterocycles. The number of nitrogens with one attached hydrogen (secondary N) is 1. The quantitative estimate of drug-likeness (QED) is 0.315. The van der Waals surface area contributed by atoms with Gasteiger partial charge < -0.3 is 24.6 Å². The zero-order valence-corrected chi connectivity index (χ0v) is 23.7. The summed E-state index contributed by atoms with van der Waals surface area (Å²) in [5.74, 6) is 1.13. The summed E-state index contributed by atoms with van der Waals surface area (Å²) in [7, 11) is 4.93. The lowest BCUT2D eigenvalue weighted by Crippen LogP contribution is -2.39. The van der Waals surface area contributed by atoms with E-state index in [4.69, 9.17) is 32.7 Å². The molecule has 3 aromatic rings. The maximum absolute atomic E-state index is 13.0. The number of hydrogen-bond acceptors (Lipinski definition) is 6. The third-order valence-electron chi connectivity index (χ3n) is 5.66. The van der Waals surface area contributed by atoms with Crippen molar-refractivity contribution < 1.29 is 19.1 Å². The van der Waals surface area contributed by atoms with E-state index in [1.54, 1.807) is 54.6 Å².